The molecule has 1 N–H and O–H groups in total. The van der Waals surface area contributed by atoms with Crippen molar-refractivity contribution in [2.45, 2.75) is 52.3 Å². The van der Waals surface area contributed by atoms with Gasteiger partial charge in [0.2, 0.25) is 5.91 Å². The number of carbonyl (C=O) groups is 2. The lowest BCUT2D eigenvalue weighted by Gasteiger charge is -2.24. The van der Waals surface area contributed by atoms with E-state index < -0.39 is 11.7 Å². The Kier molecular flexibility index (Phi) is 5.29. The average molecular weight is 318 g/mol. The van der Waals surface area contributed by atoms with Crippen molar-refractivity contribution in [3.63, 3.8) is 0 Å². The van der Waals surface area contributed by atoms with Gasteiger partial charge >= 0.3 is 6.09 Å². The second-order valence-corrected chi connectivity index (χ2v) is 7.16. The molecule has 1 aromatic rings. The van der Waals surface area contributed by atoms with Crippen molar-refractivity contribution in [1.29, 1.82) is 0 Å². The normalized spacial score (nSPS) is 19.6. The number of benzene rings is 1. The number of hydrogen-bond donors (Lipinski definition) is 1. The molecule has 0 spiro atoms. The maximum atomic E-state index is 12.2. The van der Waals surface area contributed by atoms with Gasteiger partial charge in [-0.1, -0.05) is 30.3 Å². The Morgan fingerprint density at radius 3 is 2.61 bits per heavy atom. The highest BCUT2D eigenvalue weighted by molar-refractivity contribution is 5.79. The Bertz CT molecular complexity index is 551. The minimum atomic E-state index is -0.519. The highest BCUT2D eigenvalue weighted by atomic mass is 16.6. The zero-order valence-electron chi connectivity index (χ0n) is 14.3. The largest absolute Gasteiger partial charge is 0.444 e. The Balaban J connectivity index is 1.87. The topological polar surface area (TPSA) is 58.6 Å². The number of alkyl carbamates (subject to hydrolysis) is 1. The number of carbonyl (C=O) groups excluding carboxylic acids is 2. The molecule has 0 bridgehead atoms. The van der Waals surface area contributed by atoms with E-state index in [-0.39, 0.29) is 17.9 Å². The van der Waals surface area contributed by atoms with Gasteiger partial charge in [-0.2, -0.15) is 0 Å². The highest BCUT2D eigenvalue weighted by Crippen LogP contribution is 2.23. The third kappa shape index (κ3) is 5.27. The molecule has 5 heteroatoms. The fraction of sp³-hybridized carbons (Fsp3) is 0.556. The van der Waals surface area contributed by atoms with E-state index in [0.29, 0.717) is 19.5 Å². The summed E-state index contributed by atoms with van der Waals surface area (Å²) in [6.07, 6.45) is 0.0306. The van der Waals surface area contributed by atoms with Crippen LogP contribution in [0, 0.1) is 5.92 Å². The van der Waals surface area contributed by atoms with Crippen LogP contribution in [0.15, 0.2) is 30.3 Å². The molecule has 2 rings (SSSR count). The molecule has 1 aromatic carbocycles. The Morgan fingerprint density at radius 1 is 1.35 bits per heavy atom. The molecule has 2 atom stereocenters. The van der Waals surface area contributed by atoms with Crippen LogP contribution in [-0.2, 0) is 16.1 Å². The number of likely N-dealkylation sites (tertiary alicyclic amines) is 1. The minimum absolute atomic E-state index is 0.102. The molecule has 2 amide bonds. The summed E-state index contributed by atoms with van der Waals surface area (Å²) in [7, 11) is 0. The first kappa shape index (κ1) is 17.3. The number of hydrogen-bond acceptors (Lipinski definition) is 3. The van der Waals surface area contributed by atoms with E-state index in [1.54, 1.807) is 0 Å². The predicted octanol–water partition coefficient (Wildman–Crippen LogP) is 2.95. The summed E-state index contributed by atoms with van der Waals surface area (Å²) in [6.45, 7) is 8.70. The van der Waals surface area contributed by atoms with Crippen LogP contribution in [0.2, 0.25) is 0 Å². The van der Waals surface area contributed by atoms with Gasteiger partial charge < -0.3 is 15.0 Å². The van der Waals surface area contributed by atoms with Gasteiger partial charge in [0.1, 0.15) is 5.60 Å². The van der Waals surface area contributed by atoms with Gasteiger partial charge in [-0.15, -0.1) is 0 Å². The smallest absolute Gasteiger partial charge is 0.407 e. The molecule has 23 heavy (non-hydrogen) atoms. The Morgan fingerprint density at radius 2 is 2.00 bits per heavy atom. The summed E-state index contributed by atoms with van der Waals surface area (Å²) in [6, 6.07) is 9.84. The van der Waals surface area contributed by atoms with Crippen molar-refractivity contribution in [3.05, 3.63) is 35.9 Å². The molecule has 1 heterocycles. The van der Waals surface area contributed by atoms with Gasteiger partial charge in [0.25, 0.3) is 0 Å². The van der Waals surface area contributed by atoms with Gasteiger partial charge in [0.05, 0.1) is 0 Å². The van der Waals surface area contributed by atoms with Gasteiger partial charge in [-0.3, -0.25) is 4.79 Å². The first-order chi connectivity index (χ1) is 10.7. The van der Waals surface area contributed by atoms with Crippen LogP contribution in [-0.4, -0.2) is 35.1 Å². The minimum Gasteiger partial charge on any atom is -0.444 e. The molecule has 5 nitrogen and oxygen atoms in total. The monoisotopic (exact) mass is 318 g/mol. The van der Waals surface area contributed by atoms with E-state index in [1.165, 1.54) is 0 Å². The summed E-state index contributed by atoms with van der Waals surface area (Å²) in [5, 5.41) is 2.84. The lowest BCUT2D eigenvalue weighted by Crippen LogP contribution is -2.42. The third-order valence-electron chi connectivity index (χ3n) is 3.91. The SMILES string of the molecule is C[C@H](NC(=O)OC(C)(C)C)C1CC(=O)N(Cc2ccccc2)C1. The maximum Gasteiger partial charge on any atom is 0.407 e. The van der Waals surface area contributed by atoms with Crippen molar-refractivity contribution in [3.8, 4) is 0 Å². The van der Waals surface area contributed by atoms with E-state index >= 15 is 0 Å². The zero-order valence-corrected chi connectivity index (χ0v) is 14.3. The standard InChI is InChI=1S/C18H26N2O3/c1-13(19-17(22)23-18(2,3)4)15-10-16(21)20(12-15)11-14-8-6-5-7-9-14/h5-9,13,15H,10-12H2,1-4H3,(H,19,22)/t13-,15?/m0/s1. The highest BCUT2D eigenvalue weighted by Gasteiger charge is 2.34. The van der Waals surface area contributed by atoms with Gasteiger partial charge in [0, 0.05) is 31.5 Å². The molecule has 1 saturated heterocycles. The molecule has 126 valence electrons. The number of amides is 2. The number of ether oxygens (including phenoxy) is 1. The molecule has 0 radical (unpaired) electrons. The first-order valence-electron chi connectivity index (χ1n) is 8.06. The predicted molar refractivity (Wildman–Crippen MR) is 88.8 cm³/mol. The van der Waals surface area contributed by atoms with E-state index in [9.17, 15) is 9.59 Å². The van der Waals surface area contributed by atoms with Crippen LogP contribution in [0.3, 0.4) is 0 Å². The van der Waals surface area contributed by atoms with Crippen molar-refractivity contribution in [1.82, 2.24) is 10.2 Å². The molecule has 1 aliphatic rings. The molecule has 0 saturated carbocycles. The molecular weight excluding hydrogens is 292 g/mol. The molecule has 1 fully saturated rings. The van der Waals surface area contributed by atoms with Gasteiger partial charge in [0.15, 0.2) is 0 Å². The fourth-order valence-corrected chi connectivity index (χ4v) is 2.71. The van der Waals surface area contributed by atoms with E-state index in [2.05, 4.69) is 5.32 Å². The van der Waals surface area contributed by atoms with Crippen molar-refractivity contribution in [2.24, 2.45) is 5.92 Å². The first-order valence-corrected chi connectivity index (χ1v) is 8.06. The molecule has 1 unspecified atom stereocenters. The molecular formula is C18H26N2O3. The number of nitrogens with one attached hydrogen (secondary N) is 1. The van der Waals surface area contributed by atoms with E-state index in [0.717, 1.165) is 5.56 Å². The summed E-state index contributed by atoms with van der Waals surface area (Å²) in [4.78, 5) is 25.9. The maximum absolute atomic E-state index is 12.2. The summed E-state index contributed by atoms with van der Waals surface area (Å²) in [5.41, 5.74) is 0.600. The third-order valence-corrected chi connectivity index (χ3v) is 3.91. The van der Waals surface area contributed by atoms with Crippen LogP contribution in [0.4, 0.5) is 4.79 Å². The number of nitrogens with zero attached hydrogens (tertiary/aromatic N) is 1. The molecule has 1 aliphatic heterocycles. The average Bonchev–Trinajstić information content (AvgIpc) is 2.79. The van der Waals surface area contributed by atoms with Crippen LogP contribution >= 0.6 is 0 Å². The summed E-state index contributed by atoms with van der Waals surface area (Å²) in [5.74, 6) is 0.246. The quantitative estimate of drug-likeness (QED) is 0.928. The van der Waals surface area contributed by atoms with Crippen LogP contribution in [0.1, 0.15) is 39.7 Å². The lowest BCUT2D eigenvalue weighted by molar-refractivity contribution is -0.128. The Hall–Kier alpha value is -2.04. The second-order valence-electron chi connectivity index (χ2n) is 7.16. The molecule has 0 aromatic heterocycles. The lowest BCUT2D eigenvalue weighted by atomic mass is 10.0. The molecule has 0 aliphatic carbocycles. The van der Waals surface area contributed by atoms with Crippen LogP contribution in [0.5, 0.6) is 0 Å². The van der Waals surface area contributed by atoms with Crippen LogP contribution in [0.25, 0.3) is 0 Å². The van der Waals surface area contributed by atoms with Crippen molar-refractivity contribution >= 4 is 12.0 Å². The van der Waals surface area contributed by atoms with E-state index in [1.807, 2.05) is 62.9 Å². The fourth-order valence-electron chi connectivity index (χ4n) is 2.71. The number of rotatable bonds is 4. The van der Waals surface area contributed by atoms with Gasteiger partial charge in [-0.25, -0.2) is 4.79 Å². The Labute approximate surface area is 138 Å². The summed E-state index contributed by atoms with van der Waals surface area (Å²) < 4.78 is 5.27. The second kappa shape index (κ2) is 7.02. The summed E-state index contributed by atoms with van der Waals surface area (Å²) >= 11 is 0. The zero-order chi connectivity index (χ0) is 17.0. The van der Waals surface area contributed by atoms with Crippen LogP contribution < -0.4 is 5.32 Å². The van der Waals surface area contributed by atoms with E-state index in [4.69, 9.17) is 4.74 Å². The van der Waals surface area contributed by atoms with Crippen molar-refractivity contribution in [2.75, 3.05) is 6.54 Å². The van der Waals surface area contributed by atoms with Gasteiger partial charge in [-0.05, 0) is 33.3 Å². The van der Waals surface area contributed by atoms with Crippen molar-refractivity contribution < 1.29 is 14.3 Å².